The van der Waals surface area contributed by atoms with Gasteiger partial charge >= 0.3 is 0 Å². The molecule has 1 saturated heterocycles. The molecule has 1 atom stereocenters. The van der Waals surface area contributed by atoms with Crippen LogP contribution in [0, 0.1) is 5.82 Å². The van der Waals surface area contributed by atoms with Gasteiger partial charge in [0.1, 0.15) is 5.82 Å². The molecule has 1 fully saturated rings. The topological polar surface area (TPSA) is 38.1 Å². The molecule has 0 N–H and O–H groups in total. The van der Waals surface area contributed by atoms with Crippen LogP contribution in [0.4, 0.5) is 4.39 Å². The van der Waals surface area contributed by atoms with Gasteiger partial charge in [-0.05, 0) is 42.5 Å². The Morgan fingerprint density at radius 1 is 1.39 bits per heavy atom. The van der Waals surface area contributed by atoms with Crippen LogP contribution in [0.2, 0.25) is 0 Å². The average molecular weight is 329 g/mol. The minimum atomic E-state index is -0.274. The van der Waals surface area contributed by atoms with Crippen molar-refractivity contribution in [2.45, 2.75) is 18.9 Å². The number of aryl methyl sites for hydroxylation is 1. The summed E-state index contributed by atoms with van der Waals surface area (Å²) in [6, 6.07) is 6.52. The number of carbonyl (C=O) groups is 1. The third-order valence-corrected chi connectivity index (χ3v) is 5.42. The number of amides is 1. The number of hydrogen-bond acceptors (Lipinski definition) is 3. The van der Waals surface area contributed by atoms with Crippen molar-refractivity contribution < 1.29 is 9.18 Å². The Balaban J connectivity index is 1.66. The summed E-state index contributed by atoms with van der Waals surface area (Å²) in [5.74, 6) is -0.248. The summed E-state index contributed by atoms with van der Waals surface area (Å²) < 4.78 is 16.0. The van der Waals surface area contributed by atoms with E-state index in [0.717, 1.165) is 35.0 Å². The number of nitrogens with zero attached hydrogens (tertiary/aromatic N) is 3. The number of thiophene rings is 1. The first-order valence-electron chi connectivity index (χ1n) is 7.60. The summed E-state index contributed by atoms with van der Waals surface area (Å²) >= 11 is 1.42. The first kappa shape index (κ1) is 14.4. The maximum Gasteiger partial charge on any atom is 0.264 e. The molecule has 4 rings (SSSR count). The molecule has 6 heteroatoms. The SMILES string of the molecule is Cn1cc([C@@H]2CCCN2C(=O)c2cc3cc(F)ccc3s2)cn1. The molecule has 0 radical (unpaired) electrons. The molecule has 0 aliphatic carbocycles. The maximum absolute atomic E-state index is 13.3. The second kappa shape index (κ2) is 5.45. The van der Waals surface area contributed by atoms with Crippen LogP contribution in [-0.2, 0) is 7.05 Å². The van der Waals surface area contributed by atoms with Gasteiger partial charge in [-0.15, -0.1) is 11.3 Å². The molecule has 0 unspecified atom stereocenters. The van der Waals surface area contributed by atoms with E-state index >= 15 is 0 Å². The van der Waals surface area contributed by atoms with Crippen LogP contribution in [0.25, 0.3) is 10.1 Å². The highest BCUT2D eigenvalue weighted by atomic mass is 32.1. The molecular formula is C17H16FN3OS. The fraction of sp³-hybridized carbons (Fsp3) is 0.294. The molecule has 3 aromatic rings. The summed E-state index contributed by atoms with van der Waals surface area (Å²) in [4.78, 5) is 15.5. The van der Waals surface area contributed by atoms with Gasteiger partial charge in [0, 0.05) is 30.1 Å². The largest absolute Gasteiger partial charge is 0.331 e. The molecule has 4 nitrogen and oxygen atoms in total. The van der Waals surface area contributed by atoms with Crippen LogP contribution in [0.15, 0.2) is 36.7 Å². The summed E-state index contributed by atoms with van der Waals surface area (Å²) in [6.07, 6.45) is 5.74. The van der Waals surface area contributed by atoms with Crippen LogP contribution >= 0.6 is 11.3 Å². The zero-order chi connectivity index (χ0) is 16.0. The van der Waals surface area contributed by atoms with Crippen molar-refractivity contribution in [3.05, 3.63) is 52.9 Å². The van der Waals surface area contributed by atoms with E-state index < -0.39 is 0 Å². The first-order valence-corrected chi connectivity index (χ1v) is 8.42. The van der Waals surface area contributed by atoms with Crippen molar-refractivity contribution in [3.63, 3.8) is 0 Å². The number of halogens is 1. The summed E-state index contributed by atoms with van der Waals surface area (Å²) in [5.41, 5.74) is 1.07. The lowest BCUT2D eigenvalue weighted by Crippen LogP contribution is -2.29. The first-order chi connectivity index (χ1) is 11.1. The van der Waals surface area contributed by atoms with Gasteiger partial charge in [0.25, 0.3) is 5.91 Å². The Bertz CT molecular complexity index is 885. The third kappa shape index (κ3) is 2.53. The van der Waals surface area contributed by atoms with Gasteiger partial charge in [0.2, 0.25) is 0 Å². The van der Waals surface area contributed by atoms with E-state index in [1.165, 1.54) is 23.5 Å². The maximum atomic E-state index is 13.3. The van der Waals surface area contributed by atoms with Crippen LogP contribution in [0.5, 0.6) is 0 Å². The number of aromatic nitrogens is 2. The van der Waals surface area contributed by atoms with E-state index in [2.05, 4.69) is 5.10 Å². The molecule has 118 valence electrons. The smallest absolute Gasteiger partial charge is 0.264 e. The molecule has 1 aromatic carbocycles. The van der Waals surface area contributed by atoms with E-state index in [4.69, 9.17) is 0 Å². The Kier molecular flexibility index (Phi) is 3.41. The molecule has 1 aliphatic heterocycles. The molecule has 0 saturated carbocycles. The van der Waals surface area contributed by atoms with Crippen LogP contribution in [0.3, 0.4) is 0 Å². The van der Waals surface area contributed by atoms with E-state index in [9.17, 15) is 9.18 Å². The molecular weight excluding hydrogens is 313 g/mol. The second-order valence-electron chi connectivity index (χ2n) is 5.90. The number of carbonyl (C=O) groups excluding carboxylic acids is 1. The molecule has 0 bridgehead atoms. The average Bonchev–Trinajstić information content (AvgIpc) is 3.23. The zero-order valence-electron chi connectivity index (χ0n) is 12.7. The van der Waals surface area contributed by atoms with Gasteiger partial charge in [-0.3, -0.25) is 9.48 Å². The van der Waals surface area contributed by atoms with E-state index in [0.29, 0.717) is 4.88 Å². The van der Waals surface area contributed by atoms with Crippen LogP contribution in [0.1, 0.15) is 34.1 Å². The Morgan fingerprint density at radius 3 is 3.04 bits per heavy atom. The third-order valence-electron chi connectivity index (χ3n) is 4.31. The number of fused-ring (bicyclic) bond motifs is 1. The van der Waals surface area contributed by atoms with Gasteiger partial charge in [0.05, 0.1) is 17.1 Å². The molecule has 1 aliphatic rings. The number of benzene rings is 1. The van der Waals surface area contributed by atoms with Crippen molar-refractivity contribution >= 4 is 27.3 Å². The van der Waals surface area contributed by atoms with Gasteiger partial charge in [-0.2, -0.15) is 5.10 Å². The molecule has 2 aromatic heterocycles. The van der Waals surface area contributed by atoms with Crippen LogP contribution < -0.4 is 0 Å². The van der Waals surface area contributed by atoms with Crippen molar-refractivity contribution in [2.75, 3.05) is 6.54 Å². The second-order valence-corrected chi connectivity index (χ2v) is 6.98. The van der Waals surface area contributed by atoms with Crippen LogP contribution in [-0.4, -0.2) is 27.1 Å². The molecule has 0 spiro atoms. The van der Waals surface area contributed by atoms with Crippen molar-refractivity contribution in [3.8, 4) is 0 Å². The lowest BCUT2D eigenvalue weighted by Gasteiger charge is -2.23. The van der Waals surface area contributed by atoms with Gasteiger partial charge < -0.3 is 4.90 Å². The molecule has 23 heavy (non-hydrogen) atoms. The number of hydrogen-bond donors (Lipinski definition) is 0. The predicted molar refractivity (Wildman–Crippen MR) is 88.0 cm³/mol. The fourth-order valence-electron chi connectivity index (χ4n) is 3.23. The Morgan fingerprint density at radius 2 is 2.26 bits per heavy atom. The van der Waals surface area contributed by atoms with E-state index in [1.54, 1.807) is 16.8 Å². The predicted octanol–water partition coefficient (Wildman–Crippen LogP) is 3.75. The Labute approximate surface area is 137 Å². The van der Waals surface area contributed by atoms with Gasteiger partial charge in [0.15, 0.2) is 0 Å². The quantitative estimate of drug-likeness (QED) is 0.718. The standard InChI is InChI=1S/C17H16FN3OS/c1-20-10-12(9-19-20)14-3-2-6-21(14)17(22)16-8-11-7-13(18)4-5-15(11)23-16/h4-5,7-10,14H,2-3,6H2,1H3/t14-/m0/s1. The van der Waals surface area contributed by atoms with Gasteiger partial charge in [-0.25, -0.2) is 4.39 Å². The fourth-order valence-corrected chi connectivity index (χ4v) is 4.23. The summed E-state index contributed by atoms with van der Waals surface area (Å²) in [6.45, 7) is 0.751. The van der Waals surface area contributed by atoms with Gasteiger partial charge in [-0.1, -0.05) is 0 Å². The van der Waals surface area contributed by atoms with E-state index in [1.807, 2.05) is 24.3 Å². The van der Waals surface area contributed by atoms with Crippen molar-refractivity contribution in [2.24, 2.45) is 7.05 Å². The Hall–Kier alpha value is -2.21. The van der Waals surface area contributed by atoms with Crippen molar-refractivity contribution in [1.82, 2.24) is 14.7 Å². The number of rotatable bonds is 2. The number of likely N-dealkylation sites (tertiary alicyclic amines) is 1. The molecule has 3 heterocycles. The minimum Gasteiger partial charge on any atom is -0.331 e. The molecule has 1 amide bonds. The minimum absolute atomic E-state index is 0.0259. The lowest BCUT2D eigenvalue weighted by molar-refractivity contribution is 0.0740. The lowest BCUT2D eigenvalue weighted by atomic mass is 10.1. The summed E-state index contributed by atoms with van der Waals surface area (Å²) in [7, 11) is 1.88. The monoisotopic (exact) mass is 329 g/mol. The normalized spacial score (nSPS) is 18.0. The van der Waals surface area contributed by atoms with E-state index in [-0.39, 0.29) is 17.8 Å². The summed E-state index contributed by atoms with van der Waals surface area (Å²) in [5, 5.41) is 5.00. The highest BCUT2D eigenvalue weighted by molar-refractivity contribution is 7.20. The van der Waals surface area contributed by atoms with Crippen molar-refractivity contribution in [1.29, 1.82) is 0 Å². The zero-order valence-corrected chi connectivity index (χ0v) is 13.5. The highest BCUT2D eigenvalue weighted by Gasteiger charge is 2.32. The highest BCUT2D eigenvalue weighted by Crippen LogP contribution is 2.35.